The third-order valence-corrected chi connectivity index (χ3v) is 10.5. The Kier molecular flexibility index (Phi) is 45.4. The fourth-order valence-electron chi connectivity index (χ4n) is 6.71. The van der Waals surface area contributed by atoms with Gasteiger partial charge in [-0.1, -0.05) is 191 Å². The number of hydrogen-bond acceptors (Lipinski definition) is 6. The molecule has 0 aromatic carbocycles. The summed E-state index contributed by atoms with van der Waals surface area (Å²) in [5.41, 5.74) is 0. The van der Waals surface area contributed by atoms with E-state index in [0.29, 0.717) is 19.3 Å². The quantitative estimate of drug-likeness (QED) is 0.0200. The van der Waals surface area contributed by atoms with E-state index < -0.39 is 6.10 Å². The summed E-state index contributed by atoms with van der Waals surface area (Å²) in [6.07, 6.45) is 57.7. The van der Waals surface area contributed by atoms with Gasteiger partial charge in [-0.25, -0.2) is 0 Å². The maximum Gasteiger partial charge on any atom is 0.306 e. The van der Waals surface area contributed by atoms with Gasteiger partial charge in [0.25, 0.3) is 0 Å². The third-order valence-electron chi connectivity index (χ3n) is 10.5. The molecule has 1 atom stereocenters. The van der Waals surface area contributed by atoms with Crippen molar-refractivity contribution < 1.29 is 28.6 Å². The standard InChI is InChI=1S/C53H92O6/c1-4-7-10-13-16-19-22-24-25-26-27-28-30-31-34-37-40-43-46-52(55)58-49-50(48-57-51(54)45-42-39-36-33-21-18-15-12-9-6-3)59-53(56)47-44-41-38-35-32-29-23-20-17-14-11-8-5-2/h15,18,22,24-29,32,50H,4-14,16-17,19-21,23,30-31,33-49H2,1-3H3/b18-15-,24-22-,26-25-,28-27-,32-29-. The minimum Gasteiger partial charge on any atom is -0.462 e. The number of rotatable bonds is 44. The summed E-state index contributed by atoms with van der Waals surface area (Å²) in [6, 6.07) is 0. The molecule has 0 radical (unpaired) electrons. The molecule has 59 heavy (non-hydrogen) atoms. The van der Waals surface area contributed by atoms with Crippen molar-refractivity contribution in [3.05, 3.63) is 60.8 Å². The Balaban J connectivity index is 4.41. The zero-order chi connectivity index (χ0) is 43.0. The first-order valence-electron chi connectivity index (χ1n) is 24.8. The van der Waals surface area contributed by atoms with Crippen molar-refractivity contribution in [2.45, 2.75) is 245 Å². The Morgan fingerprint density at radius 2 is 0.644 bits per heavy atom. The monoisotopic (exact) mass is 825 g/mol. The largest absolute Gasteiger partial charge is 0.462 e. The van der Waals surface area contributed by atoms with E-state index in [4.69, 9.17) is 14.2 Å². The van der Waals surface area contributed by atoms with Gasteiger partial charge in [-0.05, 0) is 89.9 Å². The molecule has 0 N–H and O–H groups in total. The van der Waals surface area contributed by atoms with Crippen LogP contribution in [0.4, 0.5) is 0 Å². The Morgan fingerprint density at radius 1 is 0.339 bits per heavy atom. The Labute approximate surface area is 364 Å². The molecule has 0 saturated heterocycles. The lowest BCUT2D eigenvalue weighted by Gasteiger charge is -2.18. The summed E-state index contributed by atoms with van der Waals surface area (Å²) in [5.74, 6) is -0.942. The van der Waals surface area contributed by atoms with Gasteiger partial charge in [-0.2, -0.15) is 0 Å². The van der Waals surface area contributed by atoms with Crippen LogP contribution in [0.15, 0.2) is 60.8 Å². The van der Waals surface area contributed by atoms with Crippen LogP contribution in [0, 0.1) is 0 Å². The van der Waals surface area contributed by atoms with Crippen molar-refractivity contribution in [1.29, 1.82) is 0 Å². The lowest BCUT2D eigenvalue weighted by Crippen LogP contribution is -2.30. The predicted octanol–water partition coefficient (Wildman–Crippen LogP) is 16.1. The molecule has 0 aromatic heterocycles. The molecule has 0 aliphatic heterocycles. The normalized spacial score (nSPS) is 12.5. The number of carbonyl (C=O) groups excluding carboxylic acids is 3. The van der Waals surface area contributed by atoms with Crippen LogP contribution in [-0.2, 0) is 28.6 Å². The highest BCUT2D eigenvalue weighted by Crippen LogP contribution is 2.13. The maximum absolute atomic E-state index is 12.7. The summed E-state index contributed by atoms with van der Waals surface area (Å²) in [7, 11) is 0. The minimum atomic E-state index is -0.793. The van der Waals surface area contributed by atoms with E-state index in [1.807, 2.05) is 0 Å². The SMILES string of the molecule is CCCC/C=C\CCCCCCC(=O)OCC(COC(=O)CCCCCCC\C=C/C=C\C=C/CCCCCCC)OC(=O)CCCCC/C=C\CCCCCCCC. The van der Waals surface area contributed by atoms with E-state index in [9.17, 15) is 14.4 Å². The van der Waals surface area contributed by atoms with E-state index in [1.165, 1.54) is 89.9 Å². The highest BCUT2D eigenvalue weighted by Gasteiger charge is 2.19. The second kappa shape index (κ2) is 47.8. The zero-order valence-electron chi connectivity index (χ0n) is 38.8. The third kappa shape index (κ3) is 46.0. The molecule has 0 saturated carbocycles. The van der Waals surface area contributed by atoms with Gasteiger partial charge in [0, 0.05) is 19.3 Å². The molecule has 0 amide bonds. The van der Waals surface area contributed by atoms with Crippen molar-refractivity contribution in [2.24, 2.45) is 0 Å². The fourth-order valence-corrected chi connectivity index (χ4v) is 6.71. The van der Waals surface area contributed by atoms with Crippen LogP contribution < -0.4 is 0 Å². The number of esters is 3. The first-order valence-corrected chi connectivity index (χ1v) is 24.8. The van der Waals surface area contributed by atoms with Gasteiger partial charge in [-0.3, -0.25) is 14.4 Å². The molecule has 1 unspecified atom stereocenters. The van der Waals surface area contributed by atoms with Crippen LogP contribution in [0.3, 0.4) is 0 Å². The van der Waals surface area contributed by atoms with Gasteiger partial charge < -0.3 is 14.2 Å². The van der Waals surface area contributed by atoms with E-state index in [2.05, 4.69) is 81.5 Å². The van der Waals surface area contributed by atoms with Gasteiger partial charge in [0.15, 0.2) is 6.10 Å². The topological polar surface area (TPSA) is 78.9 Å². The lowest BCUT2D eigenvalue weighted by atomic mass is 10.1. The summed E-state index contributed by atoms with van der Waals surface area (Å²) < 4.78 is 16.7. The molecule has 0 rings (SSSR count). The number of ether oxygens (including phenoxy) is 3. The average Bonchev–Trinajstić information content (AvgIpc) is 3.23. The van der Waals surface area contributed by atoms with Crippen LogP contribution in [0.5, 0.6) is 0 Å². The van der Waals surface area contributed by atoms with Gasteiger partial charge in [0.2, 0.25) is 0 Å². The van der Waals surface area contributed by atoms with Crippen LogP contribution in [-0.4, -0.2) is 37.2 Å². The average molecular weight is 825 g/mol. The molecule has 0 fully saturated rings. The number of hydrogen-bond donors (Lipinski definition) is 0. The number of allylic oxidation sites excluding steroid dienone is 10. The highest BCUT2D eigenvalue weighted by atomic mass is 16.6. The van der Waals surface area contributed by atoms with Crippen LogP contribution >= 0.6 is 0 Å². The van der Waals surface area contributed by atoms with Gasteiger partial charge in [0.1, 0.15) is 13.2 Å². The molecule has 0 aliphatic rings. The molecule has 0 bridgehead atoms. The minimum absolute atomic E-state index is 0.0933. The van der Waals surface area contributed by atoms with Crippen molar-refractivity contribution in [3.8, 4) is 0 Å². The maximum atomic E-state index is 12.7. The van der Waals surface area contributed by atoms with Crippen molar-refractivity contribution in [1.82, 2.24) is 0 Å². The lowest BCUT2D eigenvalue weighted by molar-refractivity contribution is -0.167. The molecular formula is C53H92O6. The van der Waals surface area contributed by atoms with Crippen molar-refractivity contribution >= 4 is 17.9 Å². The van der Waals surface area contributed by atoms with Crippen LogP contribution in [0.2, 0.25) is 0 Å². The zero-order valence-corrected chi connectivity index (χ0v) is 38.8. The Hall–Kier alpha value is -2.89. The Bertz CT molecular complexity index is 1090. The van der Waals surface area contributed by atoms with Crippen LogP contribution in [0.1, 0.15) is 239 Å². The summed E-state index contributed by atoms with van der Waals surface area (Å²) >= 11 is 0. The van der Waals surface area contributed by atoms with E-state index in [1.54, 1.807) is 0 Å². The molecule has 0 spiro atoms. The molecule has 0 heterocycles. The molecular weight excluding hydrogens is 733 g/mol. The molecule has 340 valence electrons. The summed E-state index contributed by atoms with van der Waals surface area (Å²) in [5, 5.41) is 0. The van der Waals surface area contributed by atoms with Gasteiger partial charge in [0.05, 0.1) is 0 Å². The summed E-state index contributed by atoms with van der Waals surface area (Å²) in [6.45, 7) is 6.52. The molecule has 0 aromatic rings. The number of carbonyl (C=O) groups is 3. The second-order valence-corrected chi connectivity index (χ2v) is 16.4. The van der Waals surface area contributed by atoms with Crippen LogP contribution in [0.25, 0.3) is 0 Å². The van der Waals surface area contributed by atoms with E-state index >= 15 is 0 Å². The molecule has 0 aliphatic carbocycles. The van der Waals surface area contributed by atoms with E-state index in [-0.39, 0.29) is 31.1 Å². The van der Waals surface area contributed by atoms with E-state index in [0.717, 1.165) is 109 Å². The molecule has 6 heteroatoms. The second-order valence-electron chi connectivity index (χ2n) is 16.4. The number of unbranched alkanes of at least 4 members (excludes halogenated alkanes) is 25. The fraction of sp³-hybridized carbons (Fsp3) is 0.755. The molecule has 6 nitrogen and oxygen atoms in total. The highest BCUT2D eigenvalue weighted by molar-refractivity contribution is 5.71. The predicted molar refractivity (Wildman–Crippen MR) is 251 cm³/mol. The smallest absolute Gasteiger partial charge is 0.306 e. The van der Waals surface area contributed by atoms with Gasteiger partial charge in [-0.15, -0.1) is 0 Å². The van der Waals surface area contributed by atoms with Crippen molar-refractivity contribution in [3.63, 3.8) is 0 Å². The van der Waals surface area contributed by atoms with Crippen molar-refractivity contribution in [2.75, 3.05) is 13.2 Å². The first kappa shape index (κ1) is 56.1. The van der Waals surface area contributed by atoms with Gasteiger partial charge >= 0.3 is 17.9 Å². The first-order chi connectivity index (χ1) is 29.0. The Morgan fingerprint density at radius 3 is 1.05 bits per heavy atom. The summed E-state index contributed by atoms with van der Waals surface area (Å²) in [4.78, 5) is 37.8.